The number of benzene rings is 2. The molecular weight excluding hydrogens is 857 g/mol. The highest BCUT2D eigenvalue weighted by molar-refractivity contribution is 7.59. The second kappa shape index (κ2) is 16.8. The fourth-order valence-electron chi connectivity index (χ4n) is 11.9. The molecule has 2 N–H and O–H groups in total. The number of anilines is 1. The minimum absolute atomic E-state index is 0.0197. The number of phosphoric acid groups is 2. The molecule has 15 nitrogen and oxygen atoms in total. The quantitative estimate of drug-likeness (QED) is 0.147. The van der Waals surface area contributed by atoms with Gasteiger partial charge in [-0.25, -0.2) is 8.70 Å². The highest BCUT2D eigenvalue weighted by atomic mass is 31.3. The molecule has 8 rings (SSSR count). The average molecular weight is 909 g/mol. The van der Waals surface area contributed by atoms with E-state index in [1.165, 1.54) is 18.2 Å². The summed E-state index contributed by atoms with van der Waals surface area (Å²) < 4.78 is 62.4. The Labute approximate surface area is 364 Å². The normalized spacial score (nSPS) is 34.6. The lowest BCUT2D eigenvalue weighted by Gasteiger charge is -2.67. The number of ketones is 2. The molecule has 338 valence electrons. The molecule has 0 bridgehead atoms. The van der Waals surface area contributed by atoms with Crippen LogP contribution in [0.15, 0.2) is 85.0 Å². The van der Waals surface area contributed by atoms with Crippen LogP contribution >= 0.6 is 15.6 Å². The van der Waals surface area contributed by atoms with Crippen molar-refractivity contribution in [3.8, 4) is 0 Å². The maximum atomic E-state index is 17.5. The Morgan fingerprint density at radius 2 is 1.78 bits per heavy atom. The molecule has 1 spiro atoms. The number of para-hydroxylation sites is 1. The van der Waals surface area contributed by atoms with Crippen molar-refractivity contribution in [3.63, 3.8) is 0 Å². The first-order valence-corrected chi connectivity index (χ1v) is 24.2. The van der Waals surface area contributed by atoms with E-state index in [4.69, 9.17) is 9.26 Å². The van der Waals surface area contributed by atoms with Gasteiger partial charge in [0.1, 0.15) is 12.2 Å². The minimum atomic E-state index is -5.74. The number of alkyl halides is 1. The predicted molar refractivity (Wildman–Crippen MR) is 222 cm³/mol. The van der Waals surface area contributed by atoms with E-state index in [1.807, 2.05) is 54.6 Å². The van der Waals surface area contributed by atoms with Gasteiger partial charge in [0.05, 0.1) is 25.9 Å². The highest BCUT2D eigenvalue weighted by Gasteiger charge is 2.81. The lowest BCUT2D eigenvalue weighted by molar-refractivity contribution is -0.310. The number of nitrogens with one attached hydrogen (secondary N) is 1. The van der Waals surface area contributed by atoms with Crippen LogP contribution in [0.4, 0.5) is 10.1 Å². The highest BCUT2D eigenvalue weighted by Crippen LogP contribution is 2.74. The van der Waals surface area contributed by atoms with Gasteiger partial charge in [0.15, 0.2) is 17.2 Å². The van der Waals surface area contributed by atoms with Crippen molar-refractivity contribution in [1.82, 2.24) is 5.32 Å². The third kappa shape index (κ3) is 7.68. The third-order valence-corrected chi connectivity index (χ3v) is 17.3. The van der Waals surface area contributed by atoms with Gasteiger partial charge in [-0.1, -0.05) is 67.1 Å². The Morgan fingerprint density at radius 3 is 2.51 bits per heavy atom. The molecule has 63 heavy (non-hydrogen) atoms. The van der Waals surface area contributed by atoms with Crippen molar-refractivity contribution in [2.45, 2.75) is 88.6 Å². The van der Waals surface area contributed by atoms with Crippen LogP contribution in [0.5, 0.6) is 0 Å². The van der Waals surface area contributed by atoms with Gasteiger partial charge < -0.3 is 38.9 Å². The van der Waals surface area contributed by atoms with Gasteiger partial charge in [-0.05, 0) is 85.8 Å². The van der Waals surface area contributed by atoms with E-state index >= 15 is 4.39 Å². The molecule has 11 atom stereocenters. The van der Waals surface area contributed by atoms with Gasteiger partial charge in [0.25, 0.3) is 15.6 Å². The van der Waals surface area contributed by atoms with Crippen molar-refractivity contribution in [2.75, 3.05) is 31.3 Å². The standard InChI is InChI=1S/C45H53FN2O13P2/c1-4-29-22-30-9-6-8-12-37(30)48(25-31-10-5-7-11-34(29)31)41(53)16-15-40(52)47-19-20-59-62(54,55)61-63(56,57)60-26-39(51)45-28(2)21-36-35-14-13-32-23-33(49)17-18-42(32,3)44(35,46)38(50)24-43(36,45)27-58-45/h4-12,17-18,23,28-29,35-36,38,50H,1,13-16,19-22,24-27H2,2-3H3,(H,47,52)(H,54,55)(H,56,57)/p-2/t28-,29?,35+,36+,38+,42+,43-,44+,45+/m1/s1. The van der Waals surface area contributed by atoms with E-state index in [0.717, 1.165) is 22.4 Å². The number of hydrogen-bond acceptors (Lipinski definition) is 13. The lowest BCUT2D eigenvalue weighted by Crippen LogP contribution is -2.76. The van der Waals surface area contributed by atoms with Gasteiger partial charge in [-0.15, -0.1) is 6.58 Å². The minimum Gasteiger partial charge on any atom is -0.756 e. The second-order valence-corrected chi connectivity index (χ2v) is 20.8. The molecule has 3 unspecified atom stereocenters. The Hall–Kier alpha value is -3.95. The first kappa shape index (κ1) is 45.6. The fourth-order valence-corrected chi connectivity index (χ4v) is 13.8. The summed E-state index contributed by atoms with van der Waals surface area (Å²) in [6, 6.07) is 15.4. The summed E-state index contributed by atoms with van der Waals surface area (Å²) in [6.45, 7) is 5.47. The first-order chi connectivity index (χ1) is 29.8. The van der Waals surface area contributed by atoms with Gasteiger partial charge in [0.2, 0.25) is 11.8 Å². The molecule has 4 fully saturated rings. The molecule has 18 heteroatoms. The number of carbonyl (C=O) groups excluding carboxylic acids is 4. The van der Waals surface area contributed by atoms with E-state index in [0.29, 0.717) is 31.3 Å². The summed E-state index contributed by atoms with van der Waals surface area (Å²) in [5, 5.41) is 14.1. The van der Waals surface area contributed by atoms with Gasteiger partial charge >= 0.3 is 0 Å². The Kier molecular flexibility index (Phi) is 12.2. The van der Waals surface area contributed by atoms with Crippen molar-refractivity contribution >= 4 is 44.7 Å². The number of rotatable bonds is 14. The number of halogens is 1. The molecule has 3 saturated carbocycles. The molecule has 0 aromatic heterocycles. The number of ether oxygens (including phenoxy) is 1. The maximum Gasteiger partial charge on any atom is 0.274 e. The Morgan fingerprint density at radius 1 is 1.06 bits per heavy atom. The summed E-state index contributed by atoms with van der Waals surface area (Å²) in [6.07, 6.45) is 5.79. The van der Waals surface area contributed by atoms with E-state index in [1.54, 1.807) is 18.7 Å². The second-order valence-electron chi connectivity index (χ2n) is 17.9. The Bertz CT molecular complexity index is 2390. The number of Topliss-reactive ketones (excluding diaryl/α,β-unsaturated/α-hetero) is 1. The van der Waals surface area contributed by atoms with Crippen LogP contribution in [-0.2, 0) is 59.4 Å². The predicted octanol–water partition coefficient (Wildman–Crippen LogP) is 4.86. The lowest BCUT2D eigenvalue weighted by atomic mass is 9.43. The largest absolute Gasteiger partial charge is 0.756 e. The number of amides is 2. The number of fused-ring (bicyclic) bond motifs is 6. The van der Waals surface area contributed by atoms with E-state index in [9.17, 15) is 43.2 Å². The molecule has 2 heterocycles. The molecule has 2 aromatic rings. The zero-order chi connectivity index (χ0) is 45.2. The van der Waals surface area contributed by atoms with Gasteiger partial charge in [-0.3, -0.25) is 28.3 Å². The molecule has 0 radical (unpaired) electrons. The van der Waals surface area contributed by atoms with E-state index < -0.39 is 86.5 Å². The number of phosphoric ester groups is 2. The number of aliphatic hydroxyl groups is 1. The van der Waals surface area contributed by atoms with E-state index in [-0.39, 0.29) is 56.6 Å². The Balaban J connectivity index is 0.822. The summed E-state index contributed by atoms with van der Waals surface area (Å²) in [5.74, 6) is -3.57. The zero-order valence-corrected chi connectivity index (χ0v) is 36.9. The van der Waals surface area contributed by atoms with Gasteiger partial charge in [0, 0.05) is 47.7 Å². The molecule has 2 aromatic carbocycles. The third-order valence-electron chi connectivity index (χ3n) is 14.8. The summed E-state index contributed by atoms with van der Waals surface area (Å²) in [7, 11) is -11.3. The average Bonchev–Trinajstić information content (AvgIpc) is 3.39. The molecule has 2 aliphatic heterocycles. The molecule has 6 aliphatic rings. The van der Waals surface area contributed by atoms with Gasteiger partial charge in [-0.2, -0.15) is 0 Å². The summed E-state index contributed by atoms with van der Waals surface area (Å²) >= 11 is 0. The van der Waals surface area contributed by atoms with Crippen LogP contribution in [-0.4, -0.2) is 72.2 Å². The molecule has 4 aliphatic carbocycles. The van der Waals surface area contributed by atoms with Crippen LogP contribution in [0.25, 0.3) is 0 Å². The molecule has 2 amide bonds. The summed E-state index contributed by atoms with van der Waals surface area (Å²) in [4.78, 5) is 79.3. The number of allylic oxidation sites excluding steroid dienone is 5. The number of hydrogen-bond donors (Lipinski definition) is 2. The van der Waals surface area contributed by atoms with Crippen LogP contribution in [0.1, 0.15) is 75.0 Å². The molecule has 1 saturated heterocycles. The van der Waals surface area contributed by atoms with Crippen LogP contribution < -0.4 is 20.0 Å². The smallest absolute Gasteiger partial charge is 0.274 e. The number of nitrogens with zero attached hydrogens (tertiary/aromatic N) is 1. The fraction of sp³-hybridized carbons (Fsp3) is 0.511. The van der Waals surface area contributed by atoms with Crippen molar-refractivity contribution < 1.29 is 65.7 Å². The number of carbonyl (C=O) groups is 4. The monoisotopic (exact) mass is 908 g/mol. The maximum absolute atomic E-state index is 17.5. The van der Waals surface area contributed by atoms with Crippen LogP contribution in [0.3, 0.4) is 0 Å². The molecular formula is C45H51FN2O13P2-2. The first-order valence-electron chi connectivity index (χ1n) is 21.3. The van der Waals surface area contributed by atoms with Crippen molar-refractivity contribution in [3.05, 3.63) is 102 Å². The number of aliphatic hydroxyl groups excluding tert-OH is 1. The van der Waals surface area contributed by atoms with E-state index in [2.05, 4.69) is 20.7 Å². The zero-order valence-electron chi connectivity index (χ0n) is 35.1. The SMILES string of the molecule is C=CC1Cc2ccccc2N(C(=O)CCC(=O)NCCOP(=O)([O-])OP(=O)([O-])OCC(=O)[C@]23OC[C@@]24C[C@H](O)[C@@]2(F)[C@@H](CCC5=CC(=O)C=C[C@@]52C)[C@@H]4C[C@H]3C)Cc2ccccc21. The van der Waals surface area contributed by atoms with Crippen LogP contribution in [0.2, 0.25) is 0 Å². The van der Waals surface area contributed by atoms with Crippen molar-refractivity contribution in [1.29, 1.82) is 0 Å². The summed E-state index contributed by atoms with van der Waals surface area (Å²) in [5.41, 5.74) is -1.75. The topological polar surface area (TPSA) is 221 Å². The van der Waals surface area contributed by atoms with Crippen molar-refractivity contribution in [2.24, 2.45) is 28.6 Å². The van der Waals surface area contributed by atoms with Crippen LogP contribution in [0, 0.1) is 28.6 Å².